The van der Waals surface area contributed by atoms with E-state index in [1.807, 2.05) is 32.0 Å². The highest BCUT2D eigenvalue weighted by Gasteiger charge is 2.17. The average Bonchev–Trinajstić information content (AvgIpc) is 2.58. The lowest BCUT2D eigenvalue weighted by Gasteiger charge is -2.18. The summed E-state index contributed by atoms with van der Waals surface area (Å²) in [7, 11) is -1.84. The number of carbonyl (C=O) groups excluding carboxylic acids is 1. The average molecular weight is 376 g/mol. The van der Waals surface area contributed by atoms with Crippen molar-refractivity contribution in [1.29, 1.82) is 0 Å². The molecular weight excluding hydrogens is 352 g/mol. The van der Waals surface area contributed by atoms with Crippen LogP contribution >= 0.6 is 0 Å². The van der Waals surface area contributed by atoms with Crippen molar-refractivity contribution in [2.75, 3.05) is 22.9 Å². The van der Waals surface area contributed by atoms with Gasteiger partial charge in [-0.15, -0.1) is 0 Å². The Morgan fingerprint density at radius 2 is 1.73 bits per heavy atom. The number of aryl methyl sites for hydroxylation is 1. The molecule has 0 saturated carbocycles. The SMILES string of the molecule is Cc1cccc(NC(=O)[C@@H](C)Oc2ccc(N(C)S(C)(=O)=O)cc2)c1C. The van der Waals surface area contributed by atoms with Crippen LogP contribution in [0.15, 0.2) is 42.5 Å². The van der Waals surface area contributed by atoms with Crippen molar-refractivity contribution in [3.63, 3.8) is 0 Å². The number of nitrogens with one attached hydrogen (secondary N) is 1. The van der Waals surface area contributed by atoms with Crippen LogP contribution in [-0.2, 0) is 14.8 Å². The summed E-state index contributed by atoms with van der Waals surface area (Å²) < 4.78 is 29.9. The van der Waals surface area contributed by atoms with Crippen LogP contribution < -0.4 is 14.4 Å². The summed E-state index contributed by atoms with van der Waals surface area (Å²) in [6.45, 7) is 5.60. The number of anilines is 2. The minimum absolute atomic E-state index is 0.254. The molecule has 2 aromatic carbocycles. The maximum Gasteiger partial charge on any atom is 0.265 e. The molecule has 0 bridgehead atoms. The zero-order valence-electron chi connectivity index (χ0n) is 15.6. The first-order valence-corrected chi connectivity index (χ1v) is 10.0. The van der Waals surface area contributed by atoms with Gasteiger partial charge in [0, 0.05) is 12.7 Å². The number of amides is 1. The summed E-state index contributed by atoms with van der Waals surface area (Å²) in [6, 6.07) is 12.3. The number of hydrogen-bond acceptors (Lipinski definition) is 4. The van der Waals surface area contributed by atoms with Gasteiger partial charge in [0.15, 0.2) is 6.10 Å². The molecule has 0 heterocycles. The zero-order chi connectivity index (χ0) is 19.5. The number of rotatable bonds is 6. The van der Waals surface area contributed by atoms with Gasteiger partial charge in [0.2, 0.25) is 10.0 Å². The molecular formula is C19H24N2O4S. The third-order valence-electron chi connectivity index (χ3n) is 4.24. The van der Waals surface area contributed by atoms with Crippen molar-refractivity contribution in [3.8, 4) is 5.75 Å². The summed E-state index contributed by atoms with van der Waals surface area (Å²) in [5.41, 5.74) is 3.39. The van der Waals surface area contributed by atoms with Gasteiger partial charge in [-0.05, 0) is 62.2 Å². The second kappa shape index (κ2) is 7.78. The third kappa shape index (κ3) is 4.76. The molecule has 0 radical (unpaired) electrons. The van der Waals surface area contributed by atoms with Gasteiger partial charge in [-0.2, -0.15) is 0 Å². The highest BCUT2D eigenvalue weighted by Crippen LogP contribution is 2.22. The lowest BCUT2D eigenvalue weighted by atomic mass is 10.1. The Morgan fingerprint density at radius 3 is 2.31 bits per heavy atom. The fourth-order valence-corrected chi connectivity index (χ4v) is 2.81. The second-order valence-corrected chi connectivity index (χ2v) is 8.23. The first-order valence-electron chi connectivity index (χ1n) is 8.17. The van der Waals surface area contributed by atoms with E-state index in [2.05, 4.69) is 5.32 Å². The molecule has 0 aliphatic rings. The molecule has 0 saturated heterocycles. The Bertz CT molecular complexity index is 892. The maximum absolute atomic E-state index is 12.4. The van der Waals surface area contributed by atoms with Crippen molar-refractivity contribution in [2.45, 2.75) is 26.9 Å². The smallest absolute Gasteiger partial charge is 0.265 e. The fraction of sp³-hybridized carbons (Fsp3) is 0.316. The monoisotopic (exact) mass is 376 g/mol. The summed E-state index contributed by atoms with van der Waals surface area (Å²) in [4.78, 5) is 12.4. The molecule has 26 heavy (non-hydrogen) atoms. The van der Waals surface area contributed by atoms with E-state index in [9.17, 15) is 13.2 Å². The summed E-state index contributed by atoms with van der Waals surface area (Å²) in [5, 5.41) is 2.87. The van der Waals surface area contributed by atoms with Gasteiger partial charge in [-0.3, -0.25) is 9.10 Å². The van der Waals surface area contributed by atoms with Gasteiger partial charge in [-0.1, -0.05) is 12.1 Å². The summed E-state index contributed by atoms with van der Waals surface area (Å²) in [5.74, 6) is 0.232. The van der Waals surface area contributed by atoms with E-state index in [-0.39, 0.29) is 5.91 Å². The van der Waals surface area contributed by atoms with Gasteiger partial charge in [0.05, 0.1) is 11.9 Å². The minimum atomic E-state index is -3.32. The Morgan fingerprint density at radius 1 is 1.12 bits per heavy atom. The first-order chi connectivity index (χ1) is 12.1. The summed E-state index contributed by atoms with van der Waals surface area (Å²) in [6.07, 6.45) is 0.435. The van der Waals surface area contributed by atoms with Crippen LogP contribution in [0.5, 0.6) is 5.75 Å². The molecule has 2 aromatic rings. The summed E-state index contributed by atoms with van der Waals surface area (Å²) >= 11 is 0. The number of ether oxygens (including phenoxy) is 1. The Balaban J connectivity index is 2.04. The normalized spacial score (nSPS) is 12.3. The van der Waals surface area contributed by atoms with Gasteiger partial charge in [-0.25, -0.2) is 8.42 Å². The number of hydrogen-bond donors (Lipinski definition) is 1. The quantitative estimate of drug-likeness (QED) is 0.840. The standard InChI is InChI=1S/C19H24N2O4S/c1-13-7-6-8-18(14(13)2)20-19(22)15(3)25-17-11-9-16(10-12-17)21(4)26(5,23)24/h6-12,15H,1-5H3,(H,20,22)/t15-/m1/s1. The largest absolute Gasteiger partial charge is 0.481 e. The van der Waals surface area contributed by atoms with Crippen LogP contribution in [0.4, 0.5) is 11.4 Å². The topological polar surface area (TPSA) is 75.7 Å². The lowest BCUT2D eigenvalue weighted by Crippen LogP contribution is -2.30. The highest BCUT2D eigenvalue weighted by atomic mass is 32.2. The van der Waals surface area contributed by atoms with Crippen molar-refractivity contribution in [2.24, 2.45) is 0 Å². The van der Waals surface area contributed by atoms with Crippen LogP contribution in [0.1, 0.15) is 18.1 Å². The zero-order valence-corrected chi connectivity index (χ0v) is 16.4. The van der Waals surface area contributed by atoms with Crippen LogP contribution in [0, 0.1) is 13.8 Å². The van der Waals surface area contributed by atoms with E-state index >= 15 is 0 Å². The van der Waals surface area contributed by atoms with Crippen LogP contribution in [-0.4, -0.2) is 33.7 Å². The second-order valence-electron chi connectivity index (χ2n) is 6.22. The lowest BCUT2D eigenvalue weighted by molar-refractivity contribution is -0.122. The number of nitrogens with zero attached hydrogens (tertiary/aromatic N) is 1. The van der Waals surface area contributed by atoms with Gasteiger partial charge < -0.3 is 10.1 Å². The molecule has 6 nitrogen and oxygen atoms in total. The van der Waals surface area contributed by atoms with Crippen molar-refractivity contribution in [1.82, 2.24) is 0 Å². The van der Waals surface area contributed by atoms with E-state index in [0.717, 1.165) is 23.1 Å². The maximum atomic E-state index is 12.4. The van der Waals surface area contributed by atoms with E-state index in [4.69, 9.17) is 4.74 Å². The third-order valence-corrected chi connectivity index (χ3v) is 5.45. The molecule has 1 atom stereocenters. The first kappa shape index (κ1) is 19.8. The molecule has 2 rings (SSSR count). The fourth-order valence-electron chi connectivity index (χ4n) is 2.30. The van der Waals surface area contributed by atoms with Gasteiger partial charge in [0.1, 0.15) is 5.75 Å². The molecule has 0 aliphatic heterocycles. The molecule has 0 spiro atoms. The van der Waals surface area contributed by atoms with Crippen LogP contribution in [0.2, 0.25) is 0 Å². The minimum Gasteiger partial charge on any atom is -0.481 e. The Labute approximate surface area is 154 Å². The van der Waals surface area contributed by atoms with E-state index in [1.165, 1.54) is 11.4 Å². The number of carbonyl (C=O) groups is 1. The van der Waals surface area contributed by atoms with E-state index < -0.39 is 16.1 Å². The molecule has 0 fully saturated rings. The van der Waals surface area contributed by atoms with Crippen molar-refractivity contribution >= 4 is 27.3 Å². The molecule has 7 heteroatoms. The van der Waals surface area contributed by atoms with Crippen LogP contribution in [0.3, 0.4) is 0 Å². The highest BCUT2D eigenvalue weighted by molar-refractivity contribution is 7.92. The molecule has 0 aliphatic carbocycles. The molecule has 1 N–H and O–H groups in total. The van der Waals surface area contributed by atoms with Gasteiger partial charge in [0.25, 0.3) is 5.91 Å². The van der Waals surface area contributed by atoms with Crippen LogP contribution in [0.25, 0.3) is 0 Å². The van der Waals surface area contributed by atoms with Gasteiger partial charge >= 0.3 is 0 Å². The predicted molar refractivity (Wildman–Crippen MR) is 104 cm³/mol. The van der Waals surface area contributed by atoms with E-state index in [0.29, 0.717) is 11.4 Å². The Kier molecular flexibility index (Phi) is 5.92. The molecule has 0 aromatic heterocycles. The van der Waals surface area contributed by atoms with Crippen molar-refractivity contribution in [3.05, 3.63) is 53.6 Å². The predicted octanol–water partition coefficient (Wildman–Crippen LogP) is 3.11. The Hall–Kier alpha value is -2.54. The van der Waals surface area contributed by atoms with E-state index in [1.54, 1.807) is 31.2 Å². The number of benzene rings is 2. The van der Waals surface area contributed by atoms with Crippen molar-refractivity contribution < 1.29 is 17.9 Å². The number of sulfonamides is 1. The molecule has 1 amide bonds. The molecule has 0 unspecified atom stereocenters. The molecule has 140 valence electrons.